The molecule has 1 unspecified atom stereocenters. The molecule has 1 heterocycles. The zero-order chi connectivity index (χ0) is 24.0. The van der Waals surface area contributed by atoms with Crippen molar-refractivity contribution in [3.8, 4) is 11.5 Å². The Morgan fingerprint density at radius 3 is 2.36 bits per heavy atom. The predicted octanol–water partition coefficient (Wildman–Crippen LogP) is 3.46. The van der Waals surface area contributed by atoms with Gasteiger partial charge in [-0.1, -0.05) is 12.1 Å². The molecule has 0 bridgehead atoms. The molecule has 1 atom stereocenters. The number of benzene rings is 2. The topological polar surface area (TPSA) is 113 Å². The van der Waals surface area contributed by atoms with Crippen molar-refractivity contribution in [3.63, 3.8) is 0 Å². The van der Waals surface area contributed by atoms with Gasteiger partial charge in [0.15, 0.2) is 17.3 Å². The average molecular weight is 451 g/mol. The Morgan fingerprint density at radius 2 is 1.79 bits per heavy atom. The summed E-state index contributed by atoms with van der Waals surface area (Å²) in [6.45, 7) is 1.91. The molecule has 0 saturated heterocycles. The van der Waals surface area contributed by atoms with Gasteiger partial charge in [-0.3, -0.25) is 10.1 Å². The summed E-state index contributed by atoms with van der Waals surface area (Å²) in [6.07, 6.45) is 2.38. The van der Waals surface area contributed by atoms with Crippen molar-refractivity contribution in [2.24, 2.45) is 7.05 Å². The lowest BCUT2D eigenvalue weighted by atomic mass is 9.93. The second-order valence-corrected chi connectivity index (χ2v) is 7.64. The summed E-state index contributed by atoms with van der Waals surface area (Å²) in [5.74, 6) is 1.87. The number of hydrogen-bond donors (Lipinski definition) is 4. The monoisotopic (exact) mass is 450 g/mol. The number of amides is 2. The first kappa shape index (κ1) is 23.6. The molecule has 0 aliphatic rings. The fraction of sp³-hybridized carbons (Fsp3) is 0.292. The normalized spacial score (nSPS) is 11.4. The van der Waals surface area contributed by atoms with Crippen molar-refractivity contribution in [2.75, 3.05) is 26.6 Å². The Balaban J connectivity index is 1.88. The molecule has 2 amide bonds. The Bertz CT molecular complexity index is 1120. The average Bonchev–Trinajstić information content (AvgIpc) is 3.22. The zero-order valence-electron chi connectivity index (χ0n) is 19.5. The minimum atomic E-state index is -0.254. The van der Waals surface area contributed by atoms with Crippen molar-refractivity contribution in [1.29, 1.82) is 5.41 Å². The Morgan fingerprint density at radius 1 is 1.12 bits per heavy atom. The number of nitrogens with one attached hydrogen (secondary N) is 4. The van der Waals surface area contributed by atoms with Crippen LogP contribution in [0.4, 0.5) is 16.3 Å². The van der Waals surface area contributed by atoms with E-state index in [-0.39, 0.29) is 12.1 Å². The molecule has 0 saturated carbocycles. The third kappa shape index (κ3) is 5.82. The summed E-state index contributed by atoms with van der Waals surface area (Å²) in [5.41, 5.74) is 3.56. The first-order chi connectivity index (χ1) is 15.8. The summed E-state index contributed by atoms with van der Waals surface area (Å²) in [5, 5.41) is 21.9. The molecular weight excluding hydrogens is 420 g/mol. The van der Waals surface area contributed by atoms with E-state index in [2.05, 4.69) is 21.0 Å². The van der Waals surface area contributed by atoms with E-state index in [0.29, 0.717) is 29.2 Å². The van der Waals surface area contributed by atoms with Crippen LogP contribution in [-0.2, 0) is 13.5 Å². The van der Waals surface area contributed by atoms with Crippen LogP contribution < -0.4 is 25.4 Å². The van der Waals surface area contributed by atoms with E-state index >= 15 is 0 Å². The van der Waals surface area contributed by atoms with E-state index in [0.717, 1.165) is 22.6 Å². The molecule has 4 N–H and O–H groups in total. The van der Waals surface area contributed by atoms with Crippen molar-refractivity contribution in [2.45, 2.75) is 19.4 Å². The molecule has 3 rings (SSSR count). The van der Waals surface area contributed by atoms with Gasteiger partial charge in [-0.15, -0.1) is 0 Å². The lowest BCUT2D eigenvalue weighted by Crippen LogP contribution is -2.40. The van der Waals surface area contributed by atoms with Gasteiger partial charge in [0.1, 0.15) is 0 Å². The number of ether oxygens (including phenoxy) is 2. The van der Waals surface area contributed by atoms with E-state index in [1.165, 1.54) is 0 Å². The highest BCUT2D eigenvalue weighted by atomic mass is 16.5. The molecule has 0 aliphatic heterocycles. The van der Waals surface area contributed by atoms with Crippen LogP contribution in [0.3, 0.4) is 0 Å². The second kappa shape index (κ2) is 10.5. The van der Waals surface area contributed by atoms with Crippen LogP contribution >= 0.6 is 0 Å². The SMILES string of the molecule is CNC(=O)NC(C)Cc1cc(OC)c(OC)cc1C(=N)c1ccc(Nc2ccn(C)n2)cc1. The number of anilines is 2. The third-order valence-electron chi connectivity index (χ3n) is 5.17. The molecular formula is C24H30N6O3. The largest absolute Gasteiger partial charge is 0.493 e. The van der Waals surface area contributed by atoms with Gasteiger partial charge in [0.2, 0.25) is 0 Å². The van der Waals surface area contributed by atoms with Crippen LogP contribution in [0.25, 0.3) is 0 Å². The molecule has 0 spiro atoms. The molecule has 1 aromatic heterocycles. The number of aromatic nitrogens is 2. The lowest BCUT2D eigenvalue weighted by molar-refractivity contribution is 0.240. The second-order valence-electron chi connectivity index (χ2n) is 7.64. The minimum absolute atomic E-state index is 0.153. The maximum atomic E-state index is 11.7. The molecule has 2 aromatic carbocycles. The summed E-state index contributed by atoms with van der Waals surface area (Å²) >= 11 is 0. The number of urea groups is 1. The number of carbonyl (C=O) groups is 1. The van der Waals surface area contributed by atoms with Gasteiger partial charge in [-0.2, -0.15) is 5.10 Å². The number of hydrogen-bond acceptors (Lipinski definition) is 6. The van der Waals surface area contributed by atoms with Crippen LogP contribution in [-0.4, -0.2) is 48.8 Å². The summed E-state index contributed by atoms with van der Waals surface area (Å²) in [4.78, 5) is 11.7. The first-order valence-electron chi connectivity index (χ1n) is 10.5. The molecule has 0 radical (unpaired) electrons. The molecule has 9 heteroatoms. The summed E-state index contributed by atoms with van der Waals surface area (Å²) < 4.78 is 12.7. The summed E-state index contributed by atoms with van der Waals surface area (Å²) in [7, 11) is 6.58. The van der Waals surface area contributed by atoms with Crippen LogP contribution in [0.5, 0.6) is 11.5 Å². The molecule has 33 heavy (non-hydrogen) atoms. The van der Waals surface area contributed by atoms with E-state index in [4.69, 9.17) is 14.9 Å². The number of aryl methyl sites for hydroxylation is 1. The van der Waals surface area contributed by atoms with Gasteiger partial charge in [0, 0.05) is 49.2 Å². The van der Waals surface area contributed by atoms with Gasteiger partial charge in [-0.25, -0.2) is 4.79 Å². The van der Waals surface area contributed by atoms with Crippen LogP contribution in [0.2, 0.25) is 0 Å². The van der Waals surface area contributed by atoms with Crippen molar-refractivity contribution < 1.29 is 14.3 Å². The molecule has 0 fully saturated rings. The first-order valence-corrected chi connectivity index (χ1v) is 10.5. The van der Waals surface area contributed by atoms with Gasteiger partial charge < -0.3 is 25.4 Å². The third-order valence-corrected chi connectivity index (χ3v) is 5.17. The fourth-order valence-corrected chi connectivity index (χ4v) is 3.50. The van der Waals surface area contributed by atoms with E-state index in [1.807, 2.05) is 62.6 Å². The summed E-state index contributed by atoms with van der Waals surface area (Å²) in [6, 6.07) is 12.8. The predicted molar refractivity (Wildman–Crippen MR) is 129 cm³/mol. The van der Waals surface area contributed by atoms with Crippen molar-refractivity contribution >= 4 is 23.2 Å². The van der Waals surface area contributed by atoms with E-state index in [1.54, 1.807) is 25.9 Å². The van der Waals surface area contributed by atoms with Gasteiger partial charge in [0.25, 0.3) is 0 Å². The lowest BCUT2D eigenvalue weighted by Gasteiger charge is -2.19. The molecule has 3 aromatic rings. The Kier molecular flexibility index (Phi) is 7.55. The zero-order valence-corrected chi connectivity index (χ0v) is 19.5. The highest BCUT2D eigenvalue weighted by Gasteiger charge is 2.18. The maximum Gasteiger partial charge on any atom is 0.314 e. The molecule has 0 aliphatic carbocycles. The molecule has 9 nitrogen and oxygen atoms in total. The van der Waals surface area contributed by atoms with Crippen LogP contribution in [0.15, 0.2) is 48.7 Å². The van der Waals surface area contributed by atoms with Gasteiger partial charge in [0.05, 0.1) is 19.9 Å². The van der Waals surface area contributed by atoms with E-state index in [9.17, 15) is 4.79 Å². The van der Waals surface area contributed by atoms with Crippen LogP contribution in [0, 0.1) is 5.41 Å². The number of methoxy groups -OCH3 is 2. The Labute approximate surface area is 193 Å². The molecule has 174 valence electrons. The van der Waals surface area contributed by atoms with E-state index < -0.39 is 0 Å². The quantitative estimate of drug-likeness (QED) is 0.373. The highest BCUT2D eigenvalue weighted by Crippen LogP contribution is 2.32. The van der Waals surface area contributed by atoms with Gasteiger partial charge in [-0.05, 0) is 43.2 Å². The Hall–Kier alpha value is -4.01. The minimum Gasteiger partial charge on any atom is -0.493 e. The van der Waals surface area contributed by atoms with Crippen molar-refractivity contribution in [1.82, 2.24) is 20.4 Å². The smallest absolute Gasteiger partial charge is 0.314 e. The number of rotatable bonds is 9. The number of carbonyl (C=O) groups excluding carboxylic acids is 1. The van der Waals surface area contributed by atoms with Gasteiger partial charge >= 0.3 is 6.03 Å². The standard InChI is InChI=1S/C24H30N6O3/c1-15(27-24(31)26-2)12-17-13-20(32-4)21(33-5)14-19(17)23(25)16-6-8-18(9-7-16)28-22-10-11-30(3)29-22/h6-11,13-15,25H,12H2,1-5H3,(H,28,29)(H2,26,27,31). The van der Waals surface area contributed by atoms with Crippen LogP contribution in [0.1, 0.15) is 23.6 Å². The maximum absolute atomic E-state index is 11.7. The highest BCUT2D eigenvalue weighted by molar-refractivity contribution is 6.12. The van der Waals surface area contributed by atoms with Crippen molar-refractivity contribution in [3.05, 3.63) is 65.4 Å². The fourth-order valence-electron chi connectivity index (χ4n) is 3.50. The number of nitrogens with zero attached hydrogens (tertiary/aromatic N) is 2.